The van der Waals surface area contributed by atoms with Crippen molar-refractivity contribution in [3.8, 4) is 11.6 Å². The Kier molecular flexibility index (Phi) is 3.63. The second-order valence-corrected chi connectivity index (χ2v) is 4.90. The summed E-state index contributed by atoms with van der Waals surface area (Å²) in [6.45, 7) is 0.955. The molecule has 0 amide bonds. The van der Waals surface area contributed by atoms with Gasteiger partial charge < -0.3 is 9.13 Å². The third-order valence-corrected chi connectivity index (χ3v) is 3.44. The molecule has 0 aliphatic rings. The number of imidazole rings is 2. The van der Waals surface area contributed by atoms with E-state index in [0.717, 1.165) is 31.0 Å². The van der Waals surface area contributed by atoms with Crippen LogP contribution in [-0.4, -0.2) is 19.1 Å². The Balaban J connectivity index is 1.67. The zero-order chi connectivity index (χ0) is 13.8. The number of nitrogens with zero attached hydrogens (tertiary/aromatic N) is 4. The first-order valence-corrected chi connectivity index (χ1v) is 6.87. The minimum atomic E-state index is 0.912. The number of hydrogen-bond donors (Lipinski definition) is 0. The highest BCUT2D eigenvalue weighted by Gasteiger charge is 2.09. The quantitative estimate of drug-likeness (QED) is 0.712. The van der Waals surface area contributed by atoms with E-state index in [1.165, 1.54) is 5.56 Å². The van der Waals surface area contributed by atoms with Gasteiger partial charge in [0.1, 0.15) is 0 Å². The van der Waals surface area contributed by atoms with Gasteiger partial charge >= 0.3 is 0 Å². The highest BCUT2D eigenvalue weighted by atomic mass is 15.1. The van der Waals surface area contributed by atoms with Gasteiger partial charge in [0, 0.05) is 38.4 Å². The molecule has 0 aliphatic heterocycles. The monoisotopic (exact) mass is 266 g/mol. The second-order valence-electron chi connectivity index (χ2n) is 4.90. The maximum absolute atomic E-state index is 4.42. The van der Waals surface area contributed by atoms with E-state index >= 15 is 0 Å². The van der Waals surface area contributed by atoms with Gasteiger partial charge in [-0.15, -0.1) is 0 Å². The molecule has 0 spiro atoms. The van der Waals surface area contributed by atoms with Gasteiger partial charge in [0.25, 0.3) is 0 Å². The lowest BCUT2D eigenvalue weighted by atomic mass is 10.1. The molecule has 102 valence electrons. The lowest BCUT2D eigenvalue weighted by Gasteiger charge is -2.07. The van der Waals surface area contributed by atoms with Crippen LogP contribution in [0, 0.1) is 0 Å². The lowest BCUT2D eigenvalue weighted by Crippen LogP contribution is -2.04. The molecule has 0 saturated carbocycles. The Morgan fingerprint density at radius 1 is 0.950 bits per heavy atom. The van der Waals surface area contributed by atoms with Gasteiger partial charge in [-0.05, 0) is 18.4 Å². The summed E-state index contributed by atoms with van der Waals surface area (Å²) in [6, 6.07) is 10.6. The van der Waals surface area contributed by atoms with Gasteiger partial charge in [0.15, 0.2) is 11.6 Å². The van der Waals surface area contributed by atoms with Crippen molar-refractivity contribution >= 4 is 0 Å². The van der Waals surface area contributed by atoms with Crippen LogP contribution >= 0.6 is 0 Å². The van der Waals surface area contributed by atoms with Crippen molar-refractivity contribution in [2.24, 2.45) is 7.05 Å². The standard InChI is InChI=1S/C16H18N4/c1-19-12-9-17-15(19)16-18-10-13-20(16)11-5-8-14-6-3-2-4-7-14/h2-4,6-7,9-10,12-13H,5,8,11H2,1H3. The SMILES string of the molecule is Cn1ccnc1-c1nccn1CCCc1ccccc1. The summed E-state index contributed by atoms with van der Waals surface area (Å²) >= 11 is 0. The molecular formula is C16H18N4. The van der Waals surface area contributed by atoms with Crippen LogP contribution < -0.4 is 0 Å². The van der Waals surface area contributed by atoms with Crippen LogP contribution in [0.1, 0.15) is 12.0 Å². The molecule has 0 radical (unpaired) electrons. The Bertz CT molecular complexity index is 667. The molecule has 4 nitrogen and oxygen atoms in total. The van der Waals surface area contributed by atoms with Gasteiger partial charge in [-0.1, -0.05) is 30.3 Å². The molecule has 0 unspecified atom stereocenters. The average molecular weight is 266 g/mol. The van der Waals surface area contributed by atoms with Crippen LogP contribution in [0.2, 0.25) is 0 Å². The Labute approximate surface area is 118 Å². The normalized spacial score (nSPS) is 10.8. The number of benzene rings is 1. The van der Waals surface area contributed by atoms with Crippen molar-refractivity contribution in [1.82, 2.24) is 19.1 Å². The third kappa shape index (κ3) is 2.64. The molecule has 0 N–H and O–H groups in total. The first kappa shape index (κ1) is 12.7. The minimum Gasteiger partial charge on any atom is -0.331 e. The highest BCUT2D eigenvalue weighted by molar-refractivity contribution is 5.44. The van der Waals surface area contributed by atoms with E-state index in [9.17, 15) is 0 Å². The molecular weight excluding hydrogens is 248 g/mol. The molecule has 3 aromatic rings. The van der Waals surface area contributed by atoms with Crippen LogP contribution in [0.15, 0.2) is 55.1 Å². The van der Waals surface area contributed by atoms with Gasteiger partial charge in [-0.25, -0.2) is 9.97 Å². The van der Waals surface area contributed by atoms with Crippen LogP contribution in [-0.2, 0) is 20.0 Å². The number of rotatable bonds is 5. The summed E-state index contributed by atoms with van der Waals surface area (Å²) in [7, 11) is 1.99. The number of aryl methyl sites for hydroxylation is 3. The largest absolute Gasteiger partial charge is 0.331 e. The summed E-state index contributed by atoms with van der Waals surface area (Å²) in [5, 5.41) is 0. The maximum Gasteiger partial charge on any atom is 0.176 e. The Morgan fingerprint density at radius 3 is 2.45 bits per heavy atom. The van der Waals surface area contributed by atoms with Crippen molar-refractivity contribution in [2.75, 3.05) is 0 Å². The van der Waals surface area contributed by atoms with Crippen LogP contribution in [0.3, 0.4) is 0 Å². The molecule has 0 aliphatic carbocycles. The molecule has 3 rings (SSSR count). The van der Waals surface area contributed by atoms with E-state index < -0.39 is 0 Å². The minimum absolute atomic E-state index is 0.912. The van der Waals surface area contributed by atoms with Crippen LogP contribution in [0.4, 0.5) is 0 Å². The molecule has 2 aromatic heterocycles. The van der Waals surface area contributed by atoms with Gasteiger partial charge in [0.05, 0.1) is 0 Å². The fourth-order valence-electron chi connectivity index (χ4n) is 2.38. The van der Waals surface area contributed by atoms with E-state index in [1.54, 1.807) is 6.20 Å². The molecule has 0 saturated heterocycles. The molecule has 0 fully saturated rings. The number of aromatic nitrogens is 4. The maximum atomic E-state index is 4.42. The molecule has 0 atom stereocenters. The topological polar surface area (TPSA) is 35.6 Å². The fraction of sp³-hybridized carbons (Fsp3) is 0.250. The Morgan fingerprint density at radius 2 is 1.70 bits per heavy atom. The van der Waals surface area contributed by atoms with Gasteiger partial charge in [0.2, 0.25) is 0 Å². The van der Waals surface area contributed by atoms with Crippen molar-refractivity contribution in [3.05, 3.63) is 60.7 Å². The third-order valence-electron chi connectivity index (χ3n) is 3.44. The van der Waals surface area contributed by atoms with E-state index in [1.807, 2.05) is 30.2 Å². The average Bonchev–Trinajstić information content (AvgIpc) is 3.08. The molecule has 0 bridgehead atoms. The zero-order valence-corrected chi connectivity index (χ0v) is 11.6. The van der Waals surface area contributed by atoms with Crippen LogP contribution in [0.25, 0.3) is 11.6 Å². The van der Waals surface area contributed by atoms with E-state index in [0.29, 0.717) is 0 Å². The van der Waals surface area contributed by atoms with Gasteiger partial charge in [-0.2, -0.15) is 0 Å². The first-order valence-electron chi connectivity index (χ1n) is 6.87. The Hall–Kier alpha value is -2.36. The van der Waals surface area contributed by atoms with Crippen molar-refractivity contribution in [1.29, 1.82) is 0 Å². The molecule has 20 heavy (non-hydrogen) atoms. The van der Waals surface area contributed by atoms with Gasteiger partial charge in [-0.3, -0.25) is 0 Å². The summed E-state index contributed by atoms with van der Waals surface area (Å²) in [6.07, 6.45) is 9.79. The highest BCUT2D eigenvalue weighted by Crippen LogP contribution is 2.15. The summed E-state index contributed by atoms with van der Waals surface area (Å²) < 4.78 is 4.17. The predicted octanol–water partition coefficient (Wildman–Crippen LogP) is 2.92. The number of hydrogen-bond acceptors (Lipinski definition) is 2. The van der Waals surface area contributed by atoms with Crippen LogP contribution in [0.5, 0.6) is 0 Å². The molecule has 2 heterocycles. The van der Waals surface area contributed by atoms with Crippen molar-refractivity contribution < 1.29 is 0 Å². The zero-order valence-electron chi connectivity index (χ0n) is 11.6. The first-order chi connectivity index (χ1) is 9.84. The lowest BCUT2D eigenvalue weighted by molar-refractivity contribution is 0.643. The van der Waals surface area contributed by atoms with Crippen molar-refractivity contribution in [3.63, 3.8) is 0 Å². The fourth-order valence-corrected chi connectivity index (χ4v) is 2.38. The van der Waals surface area contributed by atoms with E-state index in [4.69, 9.17) is 0 Å². The second kappa shape index (κ2) is 5.74. The van der Waals surface area contributed by atoms with E-state index in [2.05, 4.69) is 44.9 Å². The summed E-state index contributed by atoms with van der Waals surface area (Å²) in [5.41, 5.74) is 1.38. The summed E-state index contributed by atoms with van der Waals surface area (Å²) in [4.78, 5) is 8.79. The summed E-state index contributed by atoms with van der Waals surface area (Å²) in [5.74, 6) is 1.85. The van der Waals surface area contributed by atoms with E-state index in [-0.39, 0.29) is 0 Å². The smallest absolute Gasteiger partial charge is 0.176 e. The molecule has 4 heteroatoms. The van der Waals surface area contributed by atoms with Crippen molar-refractivity contribution in [2.45, 2.75) is 19.4 Å². The molecule has 1 aromatic carbocycles. The predicted molar refractivity (Wildman–Crippen MR) is 79.2 cm³/mol.